The SMILES string of the molecule is CC[C@@H](c1ccc2ccccc2n1)N1CCNCC1.Cl.Cl. The van der Waals surface area contributed by atoms with Crippen LogP contribution in [0.25, 0.3) is 10.9 Å². The third-order valence-corrected chi connectivity index (χ3v) is 3.94. The van der Waals surface area contributed by atoms with E-state index in [4.69, 9.17) is 4.98 Å². The highest BCUT2D eigenvalue weighted by Crippen LogP contribution is 2.24. The normalized spacial score (nSPS) is 16.8. The molecule has 2 heterocycles. The molecule has 1 aliphatic rings. The van der Waals surface area contributed by atoms with Crippen molar-refractivity contribution in [3.63, 3.8) is 0 Å². The number of pyridine rings is 1. The van der Waals surface area contributed by atoms with Gasteiger partial charge >= 0.3 is 0 Å². The van der Waals surface area contributed by atoms with Gasteiger partial charge in [0.05, 0.1) is 17.3 Å². The Morgan fingerprint density at radius 3 is 2.52 bits per heavy atom. The highest BCUT2D eigenvalue weighted by atomic mass is 35.5. The fourth-order valence-corrected chi connectivity index (χ4v) is 2.92. The summed E-state index contributed by atoms with van der Waals surface area (Å²) in [6.07, 6.45) is 1.12. The second-order valence-corrected chi connectivity index (χ2v) is 5.14. The van der Waals surface area contributed by atoms with Crippen LogP contribution in [-0.4, -0.2) is 36.1 Å². The van der Waals surface area contributed by atoms with E-state index in [0.29, 0.717) is 6.04 Å². The lowest BCUT2D eigenvalue weighted by molar-refractivity contribution is 0.166. The van der Waals surface area contributed by atoms with Crippen LogP contribution in [0, 0.1) is 0 Å². The minimum absolute atomic E-state index is 0. The lowest BCUT2D eigenvalue weighted by Gasteiger charge is -2.34. The summed E-state index contributed by atoms with van der Waals surface area (Å²) < 4.78 is 0. The van der Waals surface area contributed by atoms with Gasteiger partial charge in [0.1, 0.15) is 0 Å². The molecule has 3 rings (SSSR count). The summed E-state index contributed by atoms with van der Waals surface area (Å²) in [5.74, 6) is 0. The van der Waals surface area contributed by atoms with Gasteiger partial charge in [-0.15, -0.1) is 24.8 Å². The van der Waals surface area contributed by atoms with Gasteiger partial charge < -0.3 is 5.32 Å². The van der Waals surface area contributed by atoms with Crippen molar-refractivity contribution in [3.05, 3.63) is 42.1 Å². The van der Waals surface area contributed by atoms with E-state index in [0.717, 1.165) is 38.1 Å². The molecule has 1 N–H and O–H groups in total. The predicted octanol–water partition coefficient (Wildman–Crippen LogP) is 3.43. The molecular formula is C16H23Cl2N3. The van der Waals surface area contributed by atoms with Crippen LogP contribution in [-0.2, 0) is 0 Å². The average Bonchev–Trinajstić information content (AvgIpc) is 2.49. The molecule has 2 aromatic rings. The lowest BCUT2D eigenvalue weighted by Crippen LogP contribution is -2.45. The van der Waals surface area contributed by atoms with E-state index in [1.807, 2.05) is 0 Å². The lowest BCUT2D eigenvalue weighted by atomic mass is 10.1. The molecule has 21 heavy (non-hydrogen) atoms. The number of aromatic nitrogens is 1. The van der Waals surface area contributed by atoms with Gasteiger partial charge in [0.15, 0.2) is 0 Å². The minimum atomic E-state index is 0. The fourth-order valence-electron chi connectivity index (χ4n) is 2.92. The number of halogens is 2. The van der Waals surface area contributed by atoms with Crippen molar-refractivity contribution < 1.29 is 0 Å². The zero-order valence-corrected chi connectivity index (χ0v) is 13.9. The van der Waals surface area contributed by atoms with E-state index in [-0.39, 0.29) is 24.8 Å². The maximum absolute atomic E-state index is 4.86. The standard InChI is InChI=1S/C16H21N3.2ClH/c1-2-16(19-11-9-17-10-12-19)15-8-7-13-5-3-4-6-14(13)18-15;;/h3-8,16-17H,2,9-12H2,1H3;2*1H/t16-;;/m0../s1. The number of piperazine rings is 1. The van der Waals surface area contributed by atoms with Gasteiger partial charge in [0.2, 0.25) is 0 Å². The Hall–Kier alpha value is -0.870. The van der Waals surface area contributed by atoms with Crippen molar-refractivity contribution >= 4 is 35.7 Å². The number of nitrogens with zero attached hydrogens (tertiary/aromatic N) is 2. The highest BCUT2D eigenvalue weighted by molar-refractivity contribution is 5.85. The fraction of sp³-hybridized carbons (Fsp3) is 0.438. The Morgan fingerprint density at radius 1 is 1.10 bits per heavy atom. The minimum Gasteiger partial charge on any atom is -0.314 e. The number of para-hydroxylation sites is 1. The number of nitrogens with one attached hydrogen (secondary N) is 1. The highest BCUT2D eigenvalue weighted by Gasteiger charge is 2.21. The molecule has 0 radical (unpaired) electrons. The summed E-state index contributed by atoms with van der Waals surface area (Å²) in [4.78, 5) is 7.41. The van der Waals surface area contributed by atoms with E-state index >= 15 is 0 Å². The van der Waals surface area contributed by atoms with Crippen molar-refractivity contribution in [3.8, 4) is 0 Å². The summed E-state index contributed by atoms with van der Waals surface area (Å²) in [5.41, 5.74) is 2.32. The summed E-state index contributed by atoms with van der Waals surface area (Å²) >= 11 is 0. The molecule has 0 aliphatic carbocycles. The first-order chi connectivity index (χ1) is 9.38. The molecule has 5 heteroatoms. The van der Waals surface area contributed by atoms with E-state index in [1.165, 1.54) is 11.1 Å². The first kappa shape index (κ1) is 18.2. The third kappa shape index (κ3) is 4.07. The number of rotatable bonds is 3. The molecule has 0 saturated carbocycles. The molecular weight excluding hydrogens is 305 g/mol. The van der Waals surface area contributed by atoms with Gasteiger partial charge in [0, 0.05) is 31.6 Å². The van der Waals surface area contributed by atoms with Crippen LogP contribution in [0.4, 0.5) is 0 Å². The Morgan fingerprint density at radius 2 is 1.81 bits per heavy atom. The Labute approximate surface area is 138 Å². The smallest absolute Gasteiger partial charge is 0.0706 e. The molecule has 116 valence electrons. The summed E-state index contributed by atoms with van der Waals surface area (Å²) in [6.45, 7) is 6.66. The van der Waals surface area contributed by atoms with E-state index in [1.54, 1.807) is 0 Å². The van der Waals surface area contributed by atoms with Crippen molar-refractivity contribution in [1.82, 2.24) is 15.2 Å². The molecule has 1 saturated heterocycles. The maximum Gasteiger partial charge on any atom is 0.0706 e. The molecule has 0 unspecified atom stereocenters. The number of benzene rings is 1. The second-order valence-electron chi connectivity index (χ2n) is 5.14. The van der Waals surface area contributed by atoms with Gasteiger partial charge in [-0.3, -0.25) is 9.88 Å². The summed E-state index contributed by atoms with van der Waals surface area (Å²) in [5, 5.41) is 4.64. The topological polar surface area (TPSA) is 28.2 Å². The van der Waals surface area contributed by atoms with Crippen LogP contribution in [0.1, 0.15) is 25.1 Å². The van der Waals surface area contributed by atoms with Crippen LogP contribution in [0.3, 0.4) is 0 Å². The molecule has 1 aromatic heterocycles. The van der Waals surface area contributed by atoms with Crippen molar-refractivity contribution in [2.75, 3.05) is 26.2 Å². The Kier molecular flexibility index (Phi) is 7.40. The Balaban J connectivity index is 0.00000110. The first-order valence-corrected chi connectivity index (χ1v) is 7.19. The van der Waals surface area contributed by atoms with Gasteiger partial charge in [-0.05, 0) is 18.6 Å². The van der Waals surface area contributed by atoms with E-state index in [2.05, 4.69) is 53.5 Å². The first-order valence-electron chi connectivity index (χ1n) is 7.19. The largest absolute Gasteiger partial charge is 0.314 e. The molecule has 0 amide bonds. The number of fused-ring (bicyclic) bond motifs is 1. The zero-order valence-electron chi connectivity index (χ0n) is 12.3. The van der Waals surface area contributed by atoms with E-state index < -0.39 is 0 Å². The van der Waals surface area contributed by atoms with Gasteiger partial charge in [-0.1, -0.05) is 31.2 Å². The summed E-state index contributed by atoms with van der Waals surface area (Å²) in [7, 11) is 0. The van der Waals surface area contributed by atoms with Crippen molar-refractivity contribution in [1.29, 1.82) is 0 Å². The van der Waals surface area contributed by atoms with Crippen LogP contribution in [0.5, 0.6) is 0 Å². The second kappa shape index (κ2) is 8.54. The van der Waals surface area contributed by atoms with Crippen LogP contribution in [0.2, 0.25) is 0 Å². The van der Waals surface area contributed by atoms with Crippen LogP contribution < -0.4 is 5.32 Å². The van der Waals surface area contributed by atoms with Gasteiger partial charge in [-0.2, -0.15) is 0 Å². The van der Waals surface area contributed by atoms with Crippen molar-refractivity contribution in [2.24, 2.45) is 0 Å². The molecule has 3 nitrogen and oxygen atoms in total. The predicted molar refractivity (Wildman–Crippen MR) is 93.7 cm³/mol. The quantitative estimate of drug-likeness (QED) is 0.936. The van der Waals surface area contributed by atoms with Crippen molar-refractivity contribution in [2.45, 2.75) is 19.4 Å². The monoisotopic (exact) mass is 327 g/mol. The maximum atomic E-state index is 4.86. The number of hydrogen-bond acceptors (Lipinski definition) is 3. The average molecular weight is 328 g/mol. The molecule has 0 bridgehead atoms. The molecule has 1 fully saturated rings. The third-order valence-electron chi connectivity index (χ3n) is 3.94. The molecule has 0 spiro atoms. The molecule has 1 atom stereocenters. The van der Waals surface area contributed by atoms with Crippen LogP contribution in [0.15, 0.2) is 36.4 Å². The van der Waals surface area contributed by atoms with E-state index in [9.17, 15) is 0 Å². The van der Waals surface area contributed by atoms with Crippen LogP contribution >= 0.6 is 24.8 Å². The molecule has 1 aromatic carbocycles. The Bertz CT molecular complexity index is 556. The zero-order chi connectivity index (χ0) is 13.1. The van der Waals surface area contributed by atoms with Gasteiger partial charge in [0.25, 0.3) is 0 Å². The molecule has 1 aliphatic heterocycles. The number of hydrogen-bond donors (Lipinski definition) is 1. The van der Waals surface area contributed by atoms with Gasteiger partial charge in [-0.25, -0.2) is 0 Å². The summed E-state index contributed by atoms with van der Waals surface area (Å²) in [6, 6.07) is 13.2.